The van der Waals surface area contributed by atoms with E-state index in [0.29, 0.717) is 18.2 Å². The molecule has 1 N–H and O–H groups in total. The van der Waals surface area contributed by atoms with E-state index in [-0.39, 0.29) is 5.91 Å². The summed E-state index contributed by atoms with van der Waals surface area (Å²) < 4.78 is 8.01. The molecule has 32 heavy (non-hydrogen) atoms. The number of amides is 1. The van der Waals surface area contributed by atoms with Crippen LogP contribution in [0.4, 0.5) is 0 Å². The van der Waals surface area contributed by atoms with Crippen LogP contribution >= 0.6 is 0 Å². The van der Waals surface area contributed by atoms with Crippen LogP contribution in [0.25, 0.3) is 0 Å². The van der Waals surface area contributed by atoms with E-state index < -0.39 is 0 Å². The zero-order chi connectivity index (χ0) is 21.8. The Bertz CT molecular complexity index is 1190. The minimum absolute atomic E-state index is 0.158. The van der Waals surface area contributed by atoms with Gasteiger partial charge in [0, 0.05) is 44.0 Å². The maximum absolute atomic E-state index is 12.6. The molecule has 0 spiro atoms. The lowest BCUT2D eigenvalue weighted by atomic mass is 9.91. The Morgan fingerprint density at radius 3 is 2.62 bits per heavy atom. The highest BCUT2D eigenvalue weighted by molar-refractivity contribution is 5.92. The summed E-state index contributed by atoms with van der Waals surface area (Å²) in [5.74, 6) is 2.85. The Hall–Kier alpha value is -3.93. The molecule has 0 aliphatic carbocycles. The van der Waals surface area contributed by atoms with Crippen molar-refractivity contribution in [2.24, 2.45) is 0 Å². The first kappa shape index (κ1) is 20.0. The van der Waals surface area contributed by atoms with Crippen molar-refractivity contribution < 1.29 is 9.53 Å². The molecular weight excluding hydrogens is 400 g/mol. The number of fused-ring (bicyclic) bond motifs is 1. The second-order valence-corrected chi connectivity index (χ2v) is 7.96. The van der Waals surface area contributed by atoms with Gasteiger partial charge in [0.15, 0.2) is 0 Å². The highest BCUT2D eigenvalue weighted by Gasteiger charge is 2.23. The minimum Gasteiger partial charge on any atom is -0.457 e. The molecule has 2 aromatic heterocycles. The number of pyridine rings is 1. The minimum atomic E-state index is -0.158. The molecule has 0 saturated carbocycles. The topological polar surface area (TPSA) is 69.0 Å². The summed E-state index contributed by atoms with van der Waals surface area (Å²) in [5, 5.41) is 2.92. The quantitative estimate of drug-likeness (QED) is 0.486. The van der Waals surface area contributed by atoms with E-state index in [0.717, 1.165) is 42.3 Å². The van der Waals surface area contributed by atoms with E-state index in [1.807, 2.05) is 60.8 Å². The van der Waals surface area contributed by atoms with Gasteiger partial charge in [-0.25, -0.2) is 4.98 Å². The highest BCUT2D eigenvalue weighted by Crippen LogP contribution is 2.31. The molecular formula is C26H24N4O2. The number of nitrogens with one attached hydrogen (secondary N) is 1. The van der Waals surface area contributed by atoms with E-state index >= 15 is 0 Å². The van der Waals surface area contributed by atoms with Gasteiger partial charge >= 0.3 is 0 Å². The molecule has 0 saturated heterocycles. The van der Waals surface area contributed by atoms with Crippen LogP contribution in [0, 0.1) is 0 Å². The van der Waals surface area contributed by atoms with Crippen LogP contribution in [0.3, 0.4) is 0 Å². The number of carbonyl (C=O) groups is 1. The van der Waals surface area contributed by atoms with E-state index in [4.69, 9.17) is 4.74 Å². The number of aromatic nitrogens is 3. The van der Waals surface area contributed by atoms with Gasteiger partial charge in [0.2, 0.25) is 0 Å². The van der Waals surface area contributed by atoms with Gasteiger partial charge in [0.1, 0.15) is 23.0 Å². The molecule has 0 bridgehead atoms. The first-order valence-electron chi connectivity index (χ1n) is 10.8. The Balaban J connectivity index is 1.22. The summed E-state index contributed by atoms with van der Waals surface area (Å²) in [6.07, 6.45) is 7.19. The summed E-state index contributed by atoms with van der Waals surface area (Å²) in [6.45, 7) is 1.26. The van der Waals surface area contributed by atoms with Crippen LogP contribution in [0.5, 0.6) is 11.5 Å². The monoisotopic (exact) mass is 424 g/mol. The molecule has 5 rings (SSSR count). The third-order valence-corrected chi connectivity index (χ3v) is 5.73. The normalized spacial score (nSPS) is 15.1. The fourth-order valence-electron chi connectivity index (χ4n) is 4.03. The fourth-order valence-corrected chi connectivity index (χ4v) is 4.03. The second kappa shape index (κ2) is 9.06. The van der Waals surface area contributed by atoms with Crippen molar-refractivity contribution in [3.63, 3.8) is 0 Å². The molecule has 160 valence electrons. The number of nitrogens with zero attached hydrogens (tertiary/aromatic N) is 3. The summed E-state index contributed by atoms with van der Waals surface area (Å²) >= 11 is 0. The number of para-hydroxylation sites is 1. The number of rotatable bonds is 6. The zero-order valence-corrected chi connectivity index (χ0v) is 17.6. The largest absolute Gasteiger partial charge is 0.457 e. The standard InChI is InChI=1S/C26H24N4O2/c31-26(28-16-19-5-4-14-27-15-19)24-18-30-17-21(10-13-25(30)29-24)20-8-11-23(12-9-20)32-22-6-2-1-3-7-22/h1-9,11-12,14-15,18,21H,10,13,16-17H2,(H,28,31). The van der Waals surface area contributed by atoms with Crippen molar-refractivity contribution in [2.75, 3.05) is 0 Å². The Morgan fingerprint density at radius 1 is 1.03 bits per heavy atom. The molecule has 6 nitrogen and oxygen atoms in total. The molecule has 4 aromatic rings. The van der Waals surface area contributed by atoms with Gasteiger partial charge in [0.05, 0.1) is 0 Å². The van der Waals surface area contributed by atoms with Crippen molar-refractivity contribution in [3.8, 4) is 11.5 Å². The van der Waals surface area contributed by atoms with Gasteiger partial charge in [-0.3, -0.25) is 9.78 Å². The van der Waals surface area contributed by atoms with E-state index in [1.165, 1.54) is 5.56 Å². The number of imidazole rings is 1. The lowest BCUT2D eigenvalue weighted by molar-refractivity contribution is 0.0946. The van der Waals surface area contributed by atoms with Crippen LogP contribution in [-0.2, 0) is 19.5 Å². The van der Waals surface area contributed by atoms with Crippen molar-refractivity contribution in [2.45, 2.75) is 31.8 Å². The molecule has 1 aliphatic heterocycles. The van der Waals surface area contributed by atoms with E-state index in [9.17, 15) is 4.79 Å². The van der Waals surface area contributed by atoms with Crippen LogP contribution in [-0.4, -0.2) is 20.4 Å². The lowest BCUT2D eigenvalue weighted by Crippen LogP contribution is -2.23. The van der Waals surface area contributed by atoms with Crippen molar-refractivity contribution in [1.82, 2.24) is 19.9 Å². The lowest BCUT2D eigenvalue weighted by Gasteiger charge is -2.24. The number of hydrogen-bond acceptors (Lipinski definition) is 4. The number of benzene rings is 2. The molecule has 2 aromatic carbocycles. The average molecular weight is 425 g/mol. The number of aryl methyl sites for hydroxylation is 1. The number of hydrogen-bond donors (Lipinski definition) is 1. The Labute approximate surface area is 186 Å². The van der Waals surface area contributed by atoms with Crippen LogP contribution in [0.2, 0.25) is 0 Å². The van der Waals surface area contributed by atoms with Gasteiger partial charge in [0.25, 0.3) is 5.91 Å². The third kappa shape index (κ3) is 4.54. The molecule has 1 unspecified atom stereocenters. The predicted octanol–water partition coefficient (Wildman–Crippen LogP) is 4.73. The molecule has 6 heteroatoms. The average Bonchev–Trinajstić information content (AvgIpc) is 3.28. The van der Waals surface area contributed by atoms with Gasteiger partial charge in [-0.05, 0) is 47.9 Å². The van der Waals surface area contributed by atoms with Crippen LogP contribution < -0.4 is 10.1 Å². The summed E-state index contributed by atoms with van der Waals surface area (Å²) in [6, 6.07) is 21.9. The van der Waals surface area contributed by atoms with E-state index in [1.54, 1.807) is 12.4 Å². The molecule has 0 radical (unpaired) electrons. The summed E-state index contributed by atoms with van der Waals surface area (Å²) in [7, 11) is 0. The van der Waals surface area contributed by atoms with Crippen molar-refractivity contribution >= 4 is 5.91 Å². The zero-order valence-electron chi connectivity index (χ0n) is 17.6. The second-order valence-electron chi connectivity index (χ2n) is 7.96. The van der Waals surface area contributed by atoms with Gasteiger partial charge in [-0.2, -0.15) is 0 Å². The Morgan fingerprint density at radius 2 is 1.84 bits per heavy atom. The fraction of sp³-hybridized carbons (Fsp3) is 0.192. The Kier molecular flexibility index (Phi) is 5.66. The van der Waals surface area contributed by atoms with E-state index in [2.05, 4.69) is 32.0 Å². The predicted molar refractivity (Wildman–Crippen MR) is 122 cm³/mol. The summed E-state index contributed by atoms with van der Waals surface area (Å²) in [5.41, 5.74) is 2.70. The number of carbonyl (C=O) groups excluding carboxylic acids is 1. The molecule has 1 atom stereocenters. The maximum Gasteiger partial charge on any atom is 0.271 e. The first-order chi connectivity index (χ1) is 15.7. The van der Waals surface area contributed by atoms with Crippen LogP contribution in [0.1, 0.15) is 39.8 Å². The third-order valence-electron chi connectivity index (χ3n) is 5.73. The molecule has 1 aliphatic rings. The molecule has 0 fully saturated rings. The van der Waals surface area contributed by atoms with Crippen molar-refractivity contribution in [1.29, 1.82) is 0 Å². The highest BCUT2D eigenvalue weighted by atomic mass is 16.5. The van der Waals surface area contributed by atoms with Gasteiger partial charge in [-0.1, -0.05) is 36.4 Å². The summed E-state index contributed by atoms with van der Waals surface area (Å²) in [4.78, 5) is 21.2. The van der Waals surface area contributed by atoms with Crippen LogP contribution in [0.15, 0.2) is 85.3 Å². The smallest absolute Gasteiger partial charge is 0.271 e. The number of ether oxygens (including phenoxy) is 1. The molecule has 3 heterocycles. The van der Waals surface area contributed by atoms with Gasteiger partial charge < -0.3 is 14.6 Å². The maximum atomic E-state index is 12.6. The molecule has 1 amide bonds. The SMILES string of the molecule is O=C(NCc1cccnc1)c1cn2c(n1)CCC(c1ccc(Oc3ccccc3)cc1)C2. The first-order valence-corrected chi connectivity index (χ1v) is 10.8. The van der Waals surface area contributed by atoms with Gasteiger partial charge in [-0.15, -0.1) is 0 Å². The van der Waals surface area contributed by atoms with Crippen molar-refractivity contribution in [3.05, 3.63) is 108 Å².